The normalized spacial score (nSPS) is 10.5. The second-order valence-corrected chi connectivity index (χ2v) is 7.72. The van der Waals surface area contributed by atoms with E-state index in [9.17, 15) is 18.0 Å². The lowest BCUT2D eigenvalue weighted by Gasteiger charge is -2.20. The van der Waals surface area contributed by atoms with Gasteiger partial charge in [0.2, 0.25) is 0 Å². The van der Waals surface area contributed by atoms with E-state index < -0.39 is 28.5 Å². The van der Waals surface area contributed by atoms with Crippen molar-refractivity contribution >= 4 is 27.6 Å². The third kappa shape index (κ3) is 5.49. The van der Waals surface area contributed by atoms with Crippen LogP contribution in [0.15, 0.2) is 53.4 Å². The Balaban J connectivity index is 2.16. The van der Waals surface area contributed by atoms with Gasteiger partial charge in [-0.3, -0.25) is 9.10 Å². The molecule has 0 heterocycles. The van der Waals surface area contributed by atoms with Crippen molar-refractivity contribution in [2.45, 2.75) is 4.90 Å². The molecule has 0 fully saturated rings. The smallest absolute Gasteiger partial charge is 0.338 e. The largest absolute Gasteiger partial charge is 0.497 e. The number of esters is 1. The monoisotopic (exact) mass is 416 g/mol. The van der Waals surface area contributed by atoms with E-state index in [0.717, 1.165) is 4.31 Å². The summed E-state index contributed by atoms with van der Waals surface area (Å²) in [5.74, 6) is 1.43. The minimum absolute atomic E-state index is 0.000967. The van der Waals surface area contributed by atoms with Gasteiger partial charge in [0.1, 0.15) is 5.75 Å². The van der Waals surface area contributed by atoms with Gasteiger partial charge in [-0.2, -0.15) is 0 Å². The Kier molecular flexibility index (Phi) is 7.22. The molecule has 0 aliphatic heterocycles. The molecule has 0 saturated carbocycles. The Morgan fingerprint density at radius 2 is 1.86 bits per heavy atom. The second-order valence-electron chi connectivity index (χ2n) is 5.76. The SMILES string of the molecule is C#CCNC(=O)COC(=O)c1cccc(S(=O)(=O)N(C)c2ccc(OC)cc2)c1. The van der Waals surface area contributed by atoms with Gasteiger partial charge in [0, 0.05) is 7.05 Å². The maximum absolute atomic E-state index is 12.9. The fourth-order valence-corrected chi connectivity index (χ4v) is 3.53. The fraction of sp³-hybridized carbons (Fsp3) is 0.200. The van der Waals surface area contributed by atoms with Crippen molar-refractivity contribution in [2.24, 2.45) is 0 Å². The van der Waals surface area contributed by atoms with Crippen molar-refractivity contribution in [1.29, 1.82) is 0 Å². The van der Waals surface area contributed by atoms with Gasteiger partial charge < -0.3 is 14.8 Å². The number of carbonyl (C=O) groups is 2. The van der Waals surface area contributed by atoms with Crippen LogP contribution in [0.4, 0.5) is 5.69 Å². The molecule has 1 amide bonds. The standard InChI is InChI=1S/C20H20N2O6S/c1-4-12-21-19(23)14-28-20(24)15-6-5-7-18(13-15)29(25,26)22(2)16-8-10-17(27-3)11-9-16/h1,5-11,13H,12,14H2,2-3H3,(H,21,23). The molecule has 152 valence electrons. The molecular formula is C20H20N2O6S. The van der Waals surface area contributed by atoms with Gasteiger partial charge in [-0.05, 0) is 42.5 Å². The van der Waals surface area contributed by atoms with Gasteiger partial charge in [0.15, 0.2) is 6.61 Å². The zero-order valence-electron chi connectivity index (χ0n) is 15.9. The number of nitrogens with one attached hydrogen (secondary N) is 1. The number of carbonyl (C=O) groups excluding carboxylic acids is 2. The highest BCUT2D eigenvalue weighted by atomic mass is 32.2. The van der Waals surface area contributed by atoms with Crippen molar-refractivity contribution in [2.75, 3.05) is 31.6 Å². The summed E-state index contributed by atoms with van der Waals surface area (Å²) in [6.45, 7) is -0.509. The van der Waals surface area contributed by atoms with E-state index in [2.05, 4.69) is 11.2 Å². The van der Waals surface area contributed by atoms with Crippen LogP contribution in [0.5, 0.6) is 5.75 Å². The molecule has 0 aliphatic rings. The van der Waals surface area contributed by atoms with Crippen LogP contribution in [0.3, 0.4) is 0 Å². The summed E-state index contributed by atoms with van der Waals surface area (Å²) in [6, 6.07) is 11.9. The Bertz CT molecular complexity index is 1030. The first-order valence-corrected chi connectivity index (χ1v) is 9.84. The number of amides is 1. The molecule has 8 nitrogen and oxygen atoms in total. The van der Waals surface area contributed by atoms with Crippen LogP contribution >= 0.6 is 0 Å². The van der Waals surface area contributed by atoms with Crippen molar-refractivity contribution < 1.29 is 27.5 Å². The zero-order valence-corrected chi connectivity index (χ0v) is 16.7. The first-order valence-electron chi connectivity index (χ1n) is 8.40. The third-order valence-corrected chi connectivity index (χ3v) is 5.67. The number of methoxy groups -OCH3 is 1. The molecule has 1 N–H and O–H groups in total. The van der Waals surface area contributed by atoms with Crippen LogP contribution in [-0.2, 0) is 19.6 Å². The Morgan fingerprint density at radius 1 is 1.17 bits per heavy atom. The summed E-state index contributed by atoms with van der Waals surface area (Å²) in [4.78, 5) is 23.5. The lowest BCUT2D eigenvalue weighted by molar-refractivity contribution is -0.123. The summed E-state index contributed by atoms with van der Waals surface area (Å²) >= 11 is 0. The molecule has 2 aromatic rings. The molecular weight excluding hydrogens is 396 g/mol. The Morgan fingerprint density at radius 3 is 2.48 bits per heavy atom. The molecule has 0 spiro atoms. The van der Waals surface area contributed by atoms with E-state index in [-0.39, 0.29) is 17.0 Å². The van der Waals surface area contributed by atoms with Crippen molar-refractivity contribution in [3.63, 3.8) is 0 Å². The minimum Gasteiger partial charge on any atom is -0.497 e. The van der Waals surface area contributed by atoms with E-state index in [1.807, 2.05) is 0 Å². The molecule has 29 heavy (non-hydrogen) atoms. The third-order valence-electron chi connectivity index (χ3n) is 3.89. The predicted octanol–water partition coefficient (Wildman–Crippen LogP) is 1.43. The summed E-state index contributed by atoms with van der Waals surface area (Å²) in [5, 5.41) is 2.35. The van der Waals surface area contributed by atoms with Crippen molar-refractivity contribution in [1.82, 2.24) is 5.32 Å². The molecule has 9 heteroatoms. The molecule has 2 rings (SSSR count). The van der Waals surface area contributed by atoms with Crippen molar-refractivity contribution in [3.05, 3.63) is 54.1 Å². The number of anilines is 1. The summed E-state index contributed by atoms with van der Waals surface area (Å²) in [6.07, 6.45) is 5.02. The highest BCUT2D eigenvalue weighted by Crippen LogP contribution is 2.24. The molecule has 0 atom stereocenters. The molecule has 0 saturated heterocycles. The van der Waals surface area contributed by atoms with Crippen LogP contribution < -0.4 is 14.4 Å². The summed E-state index contributed by atoms with van der Waals surface area (Å²) in [7, 11) is -1.01. The predicted molar refractivity (Wildman–Crippen MR) is 107 cm³/mol. The van der Waals surface area contributed by atoms with Gasteiger partial charge >= 0.3 is 5.97 Å². The fourth-order valence-electron chi connectivity index (χ4n) is 2.29. The maximum atomic E-state index is 12.9. The number of rotatable bonds is 8. The average molecular weight is 416 g/mol. The highest BCUT2D eigenvalue weighted by Gasteiger charge is 2.23. The topological polar surface area (TPSA) is 102 Å². The van der Waals surface area contributed by atoms with Crippen LogP contribution in [0.25, 0.3) is 0 Å². The van der Waals surface area contributed by atoms with Crippen LogP contribution in [0, 0.1) is 12.3 Å². The van der Waals surface area contributed by atoms with Gasteiger partial charge in [0.25, 0.3) is 15.9 Å². The Labute approximate surface area is 169 Å². The van der Waals surface area contributed by atoms with Crippen LogP contribution in [0.2, 0.25) is 0 Å². The number of ether oxygens (including phenoxy) is 2. The van der Waals surface area contributed by atoms with E-state index >= 15 is 0 Å². The van der Waals surface area contributed by atoms with Gasteiger partial charge in [-0.1, -0.05) is 12.0 Å². The highest BCUT2D eigenvalue weighted by molar-refractivity contribution is 7.92. The number of terminal acetylenes is 1. The molecule has 0 radical (unpaired) electrons. The maximum Gasteiger partial charge on any atom is 0.338 e. The number of hydrogen-bond donors (Lipinski definition) is 1. The first-order chi connectivity index (χ1) is 13.8. The quantitative estimate of drug-likeness (QED) is 0.516. The Hall–Kier alpha value is -3.51. The summed E-state index contributed by atoms with van der Waals surface area (Å²) < 4.78 is 36.8. The van der Waals surface area contributed by atoms with Crippen LogP contribution in [0.1, 0.15) is 10.4 Å². The van der Waals surface area contributed by atoms with Crippen molar-refractivity contribution in [3.8, 4) is 18.1 Å². The van der Waals surface area contributed by atoms with E-state index in [1.165, 1.54) is 38.4 Å². The summed E-state index contributed by atoms with van der Waals surface area (Å²) in [5.41, 5.74) is 0.419. The second kappa shape index (κ2) is 9.61. The first kappa shape index (κ1) is 21.8. The zero-order chi connectivity index (χ0) is 21.4. The number of nitrogens with zero attached hydrogens (tertiary/aromatic N) is 1. The lowest BCUT2D eigenvalue weighted by atomic mass is 10.2. The van der Waals surface area contributed by atoms with E-state index in [0.29, 0.717) is 11.4 Å². The molecule has 0 bridgehead atoms. The van der Waals surface area contributed by atoms with Gasteiger partial charge in [0.05, 0.1) is 29.8 Å². The average Bonchev–Trinajstić information content (AvgIpc) is 2.75. The molecule has 2 aromatic carbocycles. The number of hydrogen-bond acceptors (Lipinski definition) is 6. The number of benzene rings is 2. The van der Waals surface area contributed by atoms with Gasteiger partial charge in [-0.25, -0.2) is 13.2 Å². The van der Waals surface area contributed by atoms with Gasteiger partial charge in [-0.15, -0.1) is 6.42 Å². The molecule has 0 aromatic heterocycles. The molecule has 0 aliphatic carbocycles. The number of sulfonamides is 1. The van der Waals surface area contributed by atoms with E-state index in [1.54, 1.807) is 24.3 Å². The molecule has 0 unspecified atom stereocenters. The van der Waals surface area contributed by atoms with Crippen LogP contribution in [-0.4, -0.2) is 47.6 Å². The van der Waals surface area contributed by atoms with E-state index in [4.69, 9.17) is 15.9 Å². The minimum atomic E-state index is -3.93. The lowest BCUT2D eigenvalue weighted by Crippen LogP contribution is -2.29.